The van der Waals surface area contributed by atoms with Gasteiger partial charge in [-0.25, -0.2) is 5.50 Å². The van der Waals surface area contributed by atoms with Crippen molar-refractivity contribution in [2.24, 2.45) is 0 Å². The predicted molar refractivity (Wildman–Crippen MR) is 85.4 cm³/mol. The average Bonchev–Trinajstić information content (AvgIpc) is 2.58. The minimum Gasteiger partial charge on any atom is -0.408 e. The summed E-state index contributed by atoms with van der Waals surface area (Å²) in [5.74, 6) is 0. The first kappa shape index (κ1) is 13.3. The second-order valence-electron chi connectivity index (χ2n) is 5.17. The number of hydrogen-bond acceptors (Lipinski definition) is 3. The molecule has 1 unspecified atom stereocenters. The Kier molecular flexibility index (Phi) is 3.12. The largest absolute Gasteiger partial charge is 0.408 e. The Morgan fingerprint density at radius 2 is 1.50 bits per heavy atom. The Morgan fingerprint density at radius 1 is 0.850 bits per heavy atom. The molecule has 20 heavy (non-hydrogen) atoms. The number of nitrogen functional groups attached to an aromatic ring is 1. The van der Waals surface area contributed by atoms with Crippen LogP contribution >= 0.6 is 8.16 Å². The predicted octanol–water partition coefficient (Wildman–Crippen LogP) is 5.24. The number of benzene rings is 2. The van der Waals surface area contributed by atoms with Gasteiger partial charge in [0.15, 0.2) is 0 Å². The summed E-state index contributed by atoms with van der Waals surface area (Å²) in [6, 6.07) is 7.98. The molecule has 0 spiro atoms. The molecule has 2 aromatic carbocycles. The van der Waals surface area contributed by atoms with Gasteiger partial charge in [-0.1, -0.05) is 18.2 Å². The quantitative estimate of drug-likeness (QED) is 0.615. The van der Waals surface area contributed by atoms with E-state index in [0.29, 0.717) is 0 Å². The molecule has 1 aromatic heterocycles. The van der Waals surface area contributed by atoms with Gasteiger partial charge in [-0.2, -0.15) is 0 Å². The van der Waals surface area contributed by atoms with Gasteiger partial charge in [-0.3, -0.25) is 0 Å². The highest BCUT2D eigenvalue weighted by molar-refractivity contribution is 7.36. The summed E-state index contributed by atoms with van der Waals surface area (Å²) in [6.07, 6.45) is 0. The van der Waals surface area contributed by atoms with Crippen molar-refractivity contribution in [3.05, 3.63) is 46.5 Å². The lowest BCUT2D eigenvalue weighted by atomic mass is 9.94. The molecule has 0 radical (unpaired) electrons. The molecule has 4 heteroatoms. The van der Waals surface area contributed by atoms with E-state index in [9.17, 15) is 0 Å². The number of aryl methyl sites for hydroxylation is 2. The van der Waals surface area contributed by atoms with Gasteiger partial charge in [0.1, 0.15) is 11.2 Å². The maximum atomic E-state index is 5.99. The van der Waals surface area contributed by atoms with E-state index in [2.05, 4.69) is 33.8 Å². The summed E-state index contributed by atoms with van der Waals surface area (Å²) in [5, 5.41) is 2.17. The van der Waals surface area contributed by atoms with Gasteiger partial charge < -0.3 is 8.39 Å². The topological polar surface area (TPSA) is 52.3 Å². The van der Waals surface area contributed by atoms with Crippen LogP contribution in [0.2, 0.25) is 0 Å². The zero-order chi connectivity index (χ0) is 14.4. The molecule has 3 aromatic rings. The summed E-state index contributed by atoms with van der Waals surface area (Å²) in [4.78, 5) is 0. The van der Waals surface area contributed by atoms with Crippen LogP contribution in [0.5, 0.6) is 0 Å². The second kappa shape index (κ2) is 4.69. The molecule has 0 saturated carbocycles. The zero-order valence-corrected chi connectivity index (χ0v) is 13.0. The van der Waals surface area contributed by atoms with Crippen molar-refractivity contribution in [3.8, 4) is 0 Å². The van der Waals surface area contributed by atoms with Gasteiger partial charge in [0.25, 0.3) is 0 Å². The van der Waals surface area contributed by atoms with E-state index < -0.39 is 8.16 Å². The first-order valence-electron chi connectivity index (χ1n) is 6.61. The van der Waals surface area contributed by atoms with Gasteiger partial charge in [0, 0.05) is 10.8 Å². The first-order chi connectivity index (χ1) is 9.50. The fourth-order valence-electron chi connectivity index (χ4n) is 2.67. The third kappa shape index (κ3) is 1.86. The van der Waals surface area contributed by atoms with Gasteiger partial charge in [0.05, 0.1) is 0 Å². The maximum absolute atomic E-state index is 5.99. The molecule has 3 rings (SSSR count). The van der Waals surface area contributed by atoms with Crippen LogP contribution in [0.3, 0.4) is 0 Å². The lowest BCUT2D eigenvalue weighted by Gasteiger charge is -2.11. The Balaban J connectivity index is 2.75. The number of para-hydroxylation sites is 1. The van der Waals surface area contributed by atoms with Crippen LogP contribution in [0.4, 0.5) is 0 Å². The van der Waals surface area contributed by atoms with E-state index in [1.54, 1.807) is 0 Å². The normalized spacial score (nSPS) is 12.2. The van der Waals surface area contributed by atoms with Gasteiger partial charge in [0.2, 0.25) is 0 Å². The monoisotopic (exact) mass is 287 g/mol. The van der Waals surface area contributed by atoms with Crippen LogP contribution in [-0.2, 0) is 0 Å². The number of fused-ring (bicyclic) bond motifs is 3. The van der Waals surface area contributed by atoms with Crippen LogP contribution in [0.15, 0.2) is 32.7 Å². The van der Waals surface area contributed by atoms with Crippen molar-refractivity contribution in [2.75, 3.05) is 5.50 Å². The summed E-state index contributed by atoms with van der Waals surface area (Å²) >= 11 is 0. The molecule has 0 saturated heterocycles. The molecule has 0 amide bonds. The average molecular weight is 287 g/mol. The van der Waals surface area contributed by atoms with Crippen LogP contribution < -0.4 is 5.50 Å². The molecule has 1 heterocycles. The smallest absolute Gasteiger partial charge is 0.303 e. The summed E-state index contributed by atoms with van der Waals surface area (Å²) in [5.41, 5.74) is 12.6. The van der Waals surface area contributed by atoms with E-state index >= 15 is 0 Å². The number of rotatable bonds is 0. The Bertz CT molecular complexity index is 866. The number of hydrogen-bond donors (Lipinski definition) is 1. The Hall–Kier alpha value is -1.70. The van der Waals surface area contributed by atoms with Crippen molar-refractivity contribution < 1.29 is 8.39 Å². The lowest BCUT2D eigenvalue weighted by molar-refractivity contribution is 0.646. The van der Waals surface area contributed by atoms with Crippen molar-refractivity contribution in [3.63, 3.8) is 0 Å². The molecule has 0 aliphatic carbocycles. The fourth-order valence-corrected chi connectivity index (χ4v) is 3.47. The molecule has 0 bridgehead atoms. The standard InChI is InChI=1S/C16H18NO2P/c1-9-10(2)12(4)16-15(11(9)3)13-7-5-6-8-14(13)18-20(17)19-16/h5-8H,17H2,1-4H3. The third-order valence-electron chi connectivity index (χ3n) is 4.16. The molecule has 0 aliphatic heterocycles. The highest BCUT2D eigenvalue weighted by Crippen LogP contribution is 2.37. The minimum absolute atomic E-state index is 0.797. The molecule has 104 valence electrons. The molecule has 2 N–H and O–H groups in total. The molecule has 1 atom stereocenters. The summed E-state index contributed by atoms with van der Waals surface area (Å²) < 4.78 is 11.7. The van der Waals surface area contributed by atoms with E-state index in [1.807, 2.05) is 18.2 Å². The van der Waals surface area contributed by atoms with E-state index in [1.165, 1.54) is 16.7 Å². The van der Waals surface area contributed by atoms with Crippen molar-refractivity contribution in [2.45, 2.75) is 27.7 Å². The van der Waals surface area contributed by atoms with Crippen molar-refractivity contribution >= 4 is 30.1 Å². The van der Waals surface area contributed by atoms with E-state index in [-0.39, 0.29) is 0 Å². The SMILES string of the molecule is Cc1c(C)c(C)c2c(op(N)oc3ccccc32)c1C. The summed E-state index contributed by atoms with van der Waals surface area (Å²) in [6.45, 7) is 8.48. The number of nitrogens with two attached hydrogens (primary N) is 1. The van der Waals surface area contributed by atoms with Crippen LogP contribution in [0, 0.1) is 27.7 Å². The zero-order valence-electron chi connectivity index (χ0n) is 12.2. The highest BCUT2D eigenvalue weighted by Gasteiger charge is 2.14. The molecular weight excluding hydrogens is 269 g/mol. The molecule has 0 aliphatic rings. The minimum atomic E-state index is -1.44. The summed E-state index contributed by atoms with van der Waals surface area (Å²) in [7, 11) is -1.44. The highest BCUT2D eigenvalue weighted by atomic mass is 31.1. The van der Waals surface area contributed by atoms with Gasteiger partial charge in [-0.15, -0.1) is 0 Å². The Labute approximate surface area is 119 Å². The molecular formula is C16H18NO2P. The van der Waals surface area contributed by atoms with Gasteiger partial charge in [-0.05, 0) is 56.0 Å². The fraction of sp³-hybridized carbons (Fsp3) is 0.250. The maximum Gasteiger partial charge on any atom is 0.303 e. The van der Waals surface area contributed by atoms with Crippen molar-refractivity contribution in [1.82, 2.24) is 0 Å². The van der Waals surface area contributed by atoms with Crippen LogP contribution in [-0.4, -0.2) is 0 Å². The van der Waals surface area contributed by atoms with E-state index in [4.69, 9.17) is 13.9 Å². The van der Waals surface area contributed by atoms with Crippen LogP contribution in [0.25, 0.3) is 21.9 Å². The Morgan fingerprint density at radius 3 is 2.25 bits per heavy atom. The third-order valence-corrected chi connectivity index (χ3v) is 4.90. The molecule has 0 fully saturated rings. The van der Waals surface area contributed by atoms with E-state index in [0.717, 1.165) is 27.5 Å². The van der Waals surface area contributed by atoms with Gasteiger partial charge >= 0.3 is 8.16 Å². The van der Waals surface area contributed by atoms with Crippen molar-refractivity contribution in [1.29, 1.82) is 0 Å². The lowest BCUT2D eigenvalue weighted by Crippen LogP contribution is -1.93. The second-order valence-corrected chi connectivity index (χ2v) is 6.10. The van der Waals surface area contributed by atoms with Crippen LogP contribution in [0.1, 0.15) is 22.3 Å². The first-order valence-corrected chi connectivity index (χ1v) is 7.86. The molecule has 3 nitrogen and oxygen atoms in total.